The third-order valence-corrected chi connectivity index (χ3v) is 4.15. The fraction of sp³-hybridized carbons (Fsp3) is 0.800. The summed E-state index contributed by atoms with van der Waals surface area (Å²) in [4.78, 5) is 5.47. The van der Waals surface area contributed by atoms with Gasteiger partial charge in [-0.3, -0.25) is 0 Å². The van der Waals surface area contributed by atoms with E-state index in [2.05, 4.69) is 31.1 Å². The van der Waals surface area contributed by atoms with E-state index in [4.69, 9.17) is 4.74 Å². The molecule has 0 aliphatic carbocycles. The zero-order chi connectivity index (χ0) is 15.0. The molecule has 0 fully saturated rings. The van der Waals surface area contributed by atoms with Crippen molar-refractivity contribution in [1.29, 1.82) is 0 Å². The molecule has 0 spiro atoms. The van der Waals surface area contributed by atoms with Gasteiger partial charge in [-0.25, -0.2) is 4.98 Å². The molecule has 4 nitrogen and oxygen atoms in total. The maximum atomic E-state index is 9.85. The first-order valence-corrected chi connectivity index (χ1v) is 8.25. The number of aliphatic hydroxyl groups excluding tert-OH is 1. The number of aliphatic hydroxyl groups is 1. The monoisotopic (exact) mass is 300 g/mol. The van der Waals surface area contributed by atoms with E-state index in [0.717, 1.165) is 18.5 Å². The highest BCUT2D eigenvalue weighted by atomic mass is 32.1. The van der Waals surface area contributed by atoms with Gasteiger partial charge >= 0.3 is 0 Å². The average molecular weight is 300 g/mol. The van der Waals surface area contributed by atoms with Crippen molar-refractivity contribution in [1.82, 2.24) is 10.3 Å². The molecule has 0 aliphatic heterocycles. The second-order valence-electron chi connectivity index (χ2n) is 5.78. The maximum Gasteiger partial charge on any atom is 0.0897 e. The Hall–Kier alpha value is -0.490. The average Bonchev–Trinajstić information content (AvgIpc) is 2.77. The molecular formula is C15H28N2O2S. The Bertz CT molecular complexity index is 369. The van der Waals surface area contributed by atoms with Gasteiger partial charge in [-0.15, -0.1) is 11.3 Å². The number of thiazole rings is 1. The Labute approximate surface area is 126 Å². The van der Waals surface area contributed by atoms with Crippen LogP contribution in [0.15, 0.2) is 5.51 Å². The van der Waals surface area contributed by atoms with E-state index in [1.807, 2.05) is 12.4 Å². The normalized spacial score (nSPS) is 14.7. The quantitative estimate of drug-likeness (QED) is 0.652. The predicted molar refractivity (Wildman–Crippen MR) is 84.3 cm³/mol. The summed E-state index contributed by atoms with van der Waals surface area (Å²) in [6, 6.07) is 0.435. The Morgan fingerprint density at radius 2 is 2.15 bits per heavy atom. The van der Waals surface area contributed by atoms with Gasteiger partial charge in [-0.2, -0.15) is 0 Å². The molecule has 1 rings (SSSR count). The Balaban J connectivity index is 2.05. The SMILES string of the molecule is Cc1ncsc1CCOCC(O)CNC(C)CC(C)C. The standard InChI is InChI=1S/C15H28N2O2S/c1-11(2)7-12(3)16-8-14(18)9-19-6-5-15-13(4)17-10-20-15/h10-12,14,16,18H,5-9H2,1-4H3. The molecule has 0 radical (unpaired) electrons. The van der Waals surface area contributed by atoms with E-state index in [9.17, 15) is 5.11 Å². The second kappa shape index (κ2) is 9.45. The Kier molecular flexibility index (Phi) is 8.30. The van der Waals surface area contributed by atoms with Crippen molar-refractivity contribution in [2.75, 3.05) is 19.8 Å². The van der Waals surface area contributed by atoms with Gasteiger partial charge < -0.3 is 15.2 Å². The van der Waals surface area contributed by atoms with Crippen LogP contribution in [0.2, 0.25) is 0 Å². The maximum absolute atomic E-state index is 9.85. The highest BCUT2D eigenvalue weighted by Crippen LogP contribution is 2.12. The molecule has 1 heterocycles. The van der Waals surface area contributed by atoms with Crippen molar-refractivity contribution in [3.8, 4) is 0 Å². The van der Waals surface area contributed by atoms with Crippen LogP contribution in [0.1, 0.15) is 37.8 Å². The molecule has 0 aromatic carbocycles. The fourth-order valence-electron chi connectivity index (χ4n) is 2.14. The minimum Gasteiger partial charge on any atom is -0.389 e. The van der Waals surface area contributed by atoms with Gasteiger partial charge in [0.1, 0.15) is 0 Å². The molecule has 116 valence electrons. The van der Waals surface area contributed by atoms with Gasteiger partial charge in [0.2, 0.25) is 0 Å². The van der Waals surface area contributed by atoms with Crippen molar-refractivity contribution in [2.24, 2.45) is 5.92 Å². The van der Waals surface area contributed by atoms with E-state index >= 15 is 0 Å². The number of nitrogens with zero attached hydrogens (tertiary/aromatic N) is 1. The smallest absolute Gasteiger partial charge is 0.0897 e. The molecule has 2 atom stereocenters. The molecule has 20 heavy (non-hydrogen) atoms. The van der Waals surface area contributed by atoms with Crippen LogP contribution in [-0.2, 0) is 11.2 Å². The Morgan fingerprint density at radius 1 is 1.40 bits per heavy atom. The third-order valence-electron chi connectivity index (χ3n) is 3.16. The fourth-order valence-corrected chi connectivity index (χ4v) is 2.90. The second-order valence-corrected chi connectivity index (χ2v) is 6.72. The lowest BCUT2D eigenvalue weighted by molar-refractivity contribution is 0.0370. The summed E-state index contributed by atoms with van der Waals surface area (Å²) in [6.45, 7) is 10.2. The lowest BCUT2D eigenvalue weighted by Crippen LogP contribution is -2.36. The van der Waals surface area contributed by atoms with E-state index in [1.54, 1.807) is 11.3 Å². The number of aromatic nitrogens is 1. The minimum absolute atomic E-state index is 0.388. The van der Waals surface area contributed by atoms with Crippen LogP contribution in [0, 0.1) is 12.8 Å². The van der Waals surface area contributed by atoms with Gasteiger partial charge in [0.25, 0.3) is 0 Å². The van der Waals surface area contributed by atoms with Crippen molar-refractivity contribution in [3.05, 3.63) is 16.1 Å². The molecule has 0 aliphatic rings. The van der Waals surface area contributed by atoms with Crippen LogP contribution in [0.5, 0.6) is 0 Å². The van der Waals surface area contributed by atoms with Crippen LogP contribution in [0.3, 0.4) is 0 Å². The molecule has 1 aromatic heterocycles. The predicted octanol–water partition coefficient (Wildman–Crippen LogP) is 2.40. The van der Waals surface area contributed by atoms with E-state index in [1.165, 1.54) is 4.88 Å². The highest BCUT2D eigenvalue weighted by Gasteiger charge is 2.09. The number of nitrogens with one attached hydrogen (secondary N) is 1. The topological polar surface area (TPSA) is 54.4 Å². The molecule has 0 bridgehead atoms. The minimum atomic E-state index is -0.438. The molecule has 2 unspecified atom stereocenters. The van der Waals surface area contributed by atoms with Crippen molar-refractivity contribution in [3.63, 3.8) is 0 Å². The summed E-state index contributed by atoms with van der Waals surface area (Å²) in [5.41, 5.74) is 2.95. The summed E-state index contributed by atoms with van der Waals surface area (Å²) in [6.07, 6.45) is 1.56. The zero-order valence-electron chi connectivity index (χ0n) is 13.1. The van der Waals surface area contributed by atoms with Gasteiger partial charge in [-0.1, -0.05) is 13.8 Å². The summed E-state index contributed by atoms with van der Waals surface area (Å²) in [5.74, 6) is 0.675. The molecule has 0 saturated carbocycles. The zero-order valence-corrected chi connectivity index (χ0v) is 13.9. The largest absolute Gasteiger partial charge is 0.389 e. The summed E-state index contributed by atoms with van der Waals surface area (Å²) < 4.78 is 5.53. The number of hydrogen-bond donors (Lipinski definition) is 2. The number of aryl methyl sites for hydroxylation is 1. The molecule has 5 heteroatoms. The van der Waals surface area contributed by atoms with Crippen LogP contribution in [0.4, 0.5) is 0 Å². The lowest BCUT2D eigenvalue weighted by Gasteiger charge is -2.18. The first kappa shape index (κ1) is 17.6. The Morgan fingerprint density at radius 3 is 2.75 bits per heavy atom. The summed E-state index contributed by atoms with van der Waals surface area (Å²) >= 11 is 1.66. The van der Waals surface area contributed by atoms with Crippen molar-refractivity contribution < 1.29 is 9.84 Å². The molecule has 0 amide bonds. The summed E-state index contributed by atoms with van der Waals surface area (Å²) in [5, 5.41) is 13.2. The van der Waals surface area contributed by atoms with Gasteiger partial charge in [-0.05, 0) is 26.2 Å². The van der Waals surface area contributed by atoms with Crippen molar-refractivity contribution >= 4 is 11.3 Å². The van der Waals surface area contributed by atoms with E-state index in [0.29, 0.717) is 31.7 Å². The van der Waals surface area contributed by atoms with Crippen molar-refractivity contribution in [2.45, 2.75) is 52.7 Å². The number of ether oxygens (including phenoxy) is 1. The third kappa shape index (κ3) is 7.33. The number of hydrogen-bond acceptors (Lipinski definition) is 5. The molecule has 1 aromatic rings. The first-order valence-electron chi connectivity index (χ1n) is 7.37. The molecule has 2 N–H and O–H groups in total. The van der Waals surface area contributed by atoms with E-state index < -0.39 is 6.10 Å². The summed E-state index contributed by atoms with van der Waals surface area (Å²) in [7, 11) is 0. The number of rotatable bonds is 10. The highest BCUT2D eigenvalue weighted by molar-refractivity contribution is 7.09. The molecule has 0 saturated heterocycles. The lowest BCUT2D eigenvalue weighted by atomic mass is 10.1. The molecular weight excluding hydrogens is 272 g/mol. The van der Waals surface area contributed by atoms with Gasteiger partial charge in [0.05, 0.1) is 30.5 Å². The van der Waals surface area contributed by atoms with Crippen LogP contribution in [0.25, 0.3) is 0 Å². The van der Waals surface area contributed by atoms with Crippen LogP contribution in [-0.4, -0.2) is 42.0 Å². The first-order chi connectivity index (χ1) is 9.49. The van der Waals surface area contributed by atoms with Gasteiger partial charge in [0.15, 0.2) is 0 Å². The van der Waals surface area contributed by atoms with Gasteiger partial charge in [0, 0.05) is 23.9 Å². The van der Waals surface area contributed by atoms with Crippen LogP contribution < -0.4 is 5.32 Å². The van der Waals surface area contributed by atoms with Crippen LogP contribution >= 0.6 is 11.3 Å². The van der Waals surface area contributed by atoms with E-state index in [-0.39, 0.29) is 0 Å².